The van der Waals surface area contributed by atoms with Crippen LogP contribution in [0.3, 0.4) is 0 Å². The van der Waals surface area contributed by atoms with Gasteiger partial charge in [-0.25, -0.2) is 9.78 Å². The number of carbonyl (C=O) groups is 2. The van der Waals surface area contributed by atoms with Crippen LogP contribution in [0.5, 0.6) is 0 Å². The highest BCUT2D eigenvalue weighted by Crippen LogP contribution is 2.27. The number of benzene rings is 1. The largest absolute Gasteiger partial charge is 0.459 e. The van der Waals surface area contributed by atoms with Gasteiger partial charge in [0.05, 0.1) is 11.9 Å². The predicted octanol–water partition coefficient (Wildman–Crippen LogP) is 4.71. The maximum Gasteiger partial charge on any atom is 0.412 e. The molecule has 9 nitrogen and oxygen atoms in total. The van der Waals surface area contributed by atoms with E-state index in [4.69, 9.17) is 9.47 Å². The molecule has 2 aromatic rings. The molecule has 1 heterocycles. The summed E-state index contributed by atoms with van der Waals surface area (Å²) in [6, 6.07) is 4.98. The van der Waals surface area contributed by atoms with Crippen LogP contribution in [0.1, 0.15) is 55.4 Å². The number of nitrogens with one attached hydrogen (secondary N) is 2. The number of aromatic nitrogens is 2. The van der Waals surface area contributed by atoms with Crippen molar-refractivity contribution in [3.05, 3.63) is 34.7 Å². The van der Waals surface area contributed by atoms with Gasteiger partial charge in [0.25, 0.3) is 5.56 Å². The molecule has 0 spiro atoms. The number of hydrogen-bond acceptors (Lipinski definition) is 8. The summed E-state index contributed by atoms with van der Waals surface area (Å²) in [5.74, 6) is -0.442. The molecule has 0 bridgehead atoms. The van der Waals surface area contributed by atoms with E-state index in [0.717, 1.165) is 0 Å². The Balaban J connectivity index is 2.53. The Morgan fingerprint density at radius 3 is 2.24 bits per heavy atom. The fourth-order valence-electron chi connectivity index (χ4n) is 3.00. The summed E-state index contributed by atoms with van der Waals surface area (Å²) < 4.78 is 12.0. The lowest BCUT2D eigenvalue weighted by Gasteiger charge is -2.21. The topological polar surface area (TPSA) is 112 Å². The van der Waals surface area contributed by atoms with E-state index in [1.165, 1.54) is 10.8 Å². The minimum Gasteiger partial charge on any atom is -0.459 e. The van der Waals surface area contributed by atoms with Crippen molar-refractivity contribution < 1.29 is 19.1 Å². The molecule has 0 unspecified atom stereocenters. The van der Waals surface area contributed by atoms with E-state index in [9.17, 15) is 14.4 Å². The summed E-state index contributed by atoms with van der Waals surface area (Å²) in [6.45, 7) is 14.0. The van der Waals surface area contributed by atoms with E-state index in [0.29, 0.717) is 21.8 Å². The molecule has 0 saturated carbocycles. The first-order valence-electron chi connectivity index (χ1n) is 11.0. The predicted molar refractivity (Wildman–Crippen MR) is 136 cm³/mol. The van der Waals surface area contributed by atoms with Crippen LogP contribution in [-0.4, -0.2) is 38.9 Å². The van der Waals surface area contributed by atoms with E-state index in [-0.39, 0.29) is 18.4 Å². The molecule has 0 fully saturated rings. The lowest BCUT2D eigenvalue weighted by atomic mass is 10.1. The molecule has 0 aliphatic carbocycles. The van der Waals surface area contributed by atoms with Crippen molar-refractivity contribution in [3.63, 3.8) is 0 Å². The lowest BCUT2D eigenvalue weighted by molar-refractivity contribution is -0.155. The van der Waals surface area contributed by atoms with Crippen molar-refractivity contribution >= 4 is 36.2 Å². The molecule has 0 aliphatic rings. The van der Waals surface area contributed by atoms with Gasteiger partial charge in [0.2, 0.25) is 0 Å². The summed E-state index contributed by atoms with van der Waals surface area (Å²) in [6.07, 6.45) is 0.870. The van der Waals surface area contributed by atoms with Gasteiger partial charge in [-0.2, -0.15) is 0 Å². The van der Waals surface area contributed by atoms with Crippen LogP contribution in [-0.2, 0) is 20.8 Å². The normalized spacial score (nSPS) is 11.8. The first-order valence-corrected chi connectivity index (χ1v) is 11.4. The molecule has 0 radical (unpaired) electrons. The van der Waals surface area contributed by atoms with E-state index in [1.807, 2.05) is 13.8 Å². The van der Waals surface area contributed by atoms with Gasteiger partial charge in [-0.15, -0.1) is 12.6 Å². The second-order valence-corrected chi connectivity index (χ2v) is 10.7. The van der Waals surface area contributed by atoms with Gasteiger partial charge in [0.15, 0.2) is 5.82 Å². The minimum absolute atomic E-state index is 0.0357. The number of nitrogens with zero attached hydrogens (tertiary/aromatic N) is 2. The second-order valence-electron chi connectivity index (χ2n) is 10.2. The van der Waals surface area contributed by atoms with Gasteiger partial charge in [-0.3, -0.25) is 19.5 Å². The zero-order chi connectivity index (χ0) is 25.8. The zero-order valence-corrected chi connectivity index (χ0v) is 21.9. The highest BCUT2D eigenvalue weighted by atomic mass is 32.1. The van der Waals surface area contributed by atoms with Crippen LogP contribution in [0, 0.1) is 0 Å². The SMILES string of the molecule is CC(C)Nc1ncc(-c2cc(S)cc(NC(=O)OC(C)(C)C)c2)n(CC(=O)OC(C)(C)C)c1=O. The fourth-order valence-corrected chi connectivity index (χ4v) is 3.28. The van der Waals surface area contributed by atoms with Crippen molar-refractivity contribution in [1.29, 1.82) is 0 Å². The molecule has 1 aromatic carbocycles. The monoisotopic (exact) mass is 490 g/mol. The highest BCUT2D eigenvalue weighted by Gasteiger charge is 2.21. The second kappa shape index (κ2) is 10.5. The Kier molecular flexibility index (Phi) is 8.41. The van der Waals surface area contributed by atoms with Crippen LogP contribution in [0.15, 0.2) is 34.1 Å². The lowest BCUT2D eigenvalue weighted by Crippen LogP contribution is -2.33. The van der Waals surface area contributed by atoms with Crippen molar-refractivity contribution in [1.82, 2.24) is 9.55 Å². The van der Waals surface area contributed by atoms with Crippen LogP contribution in [0.4, 0.5) is 16.3 Å². The zero-order valence-electron chi connectivity index (χ0n) is 21.0. The first-order chi connectivity index (χ1) is 15.5. The molecular formula is C24H34N4O5S. The van der Waals surface area contributed by atoms with E-state index in [2.05, 4.69) is 28.2 Å². The number of esters is 1. The van der Waals surface area contributed by atoms with Crippen LogP contribution >= 0.6 is 12.6 Å². The average Bonchev–Trinajstić information content (AvgIpc) is 2.61. The van der Waals surface area contributed by atoms with Gasteiger partial charge in [-0.1, -0.05) is 0 Å². The van der Waals surface area contributed by atoms with E-state index in [1.54, 1.807) is 59.7 Å². The summed E-state index contributed by atoms with van der Waals surface area (Å²) >= 11 is 4.43. The Hall–Kier alpha value is -3.01. The number of rotatable bonds is 6. The third-order valence-electron chi connectivity index (χ3n) is 4.05. The van der Waals surface area contributed by atoms with Gasteiger partial charge >= 0.3 is 12.1 Å². The van der Waals surface area contributed by atoms with Crippen LogP contribution in [0.25, 0.3) is 11.3 Å². The molecule has 2 N–H and O–H groups in total. The third kappa shape index (κ3) is 8.40. The number of ether oxygens (including phenoxy) is 2. The molecule has 2 rings (SSSR count). The molecule has 1 amide bonds. The summed E-state index contributed by atoms with van der Waals surface area (Å²) in [7, 11) is 0. The number of amides is 1. The third-order valence-corrected chi connectivity index (χ3v) is 4.30. The van der Waals surface area contributed by atoms with Crippen molar-refractivity contribution in [3.8, 4) is 11.3 Å². The molecule has 0 atom stereocenters. The summed E-state index contributed by atoms with van der Waals surface area (Å²) in [5, 5.41) is 5.67. The maximum atomic E-state index is 13.2. The smallest absolute Gasteiger partial charge is 0.412 e. The fraction of sp³-hybridized carbons (Fsp3) is 0.500. The standard InChI is InChI=1S/C24H34N4O5S/c1-14(2)26-20-21(30)28(13-19(29)32-23(3,4)5)18(12-25-20)15-9-16(11-17(34)10-15)27-22(31)33-24(6,7)8/h9-12,14,34H,13H2,1-8H3,(H,25,26)(H,27,31). The minimum atomic E-state index is -0.706. The Labute approximate surface area is 205 Å². The molecule has 1 aromatic heterocycles. The van der Waals surface area contributed by atoms with Crippen molar-refractivity contribution in [2.24, 2.45) is 0 Å². The Morgan fingerprint density at radius 1 is 1.06 bits per heavy atom. The number of carbonyl (C=O) groups excluding carboxylic acids is 2. The van der Waals surface area contributed by atoms with Crippen LogP contribution < -0.4 is 16.2 Å². The van der Waals surface area contributed by atoms with E-state index >= 15 is 0 Å². The molecule has 0 saturated heterocycles. The first kappa shape index (κ1) is 27.2. The van der Waals surface area contributed by atoms with Gasteiger partial charge < -0.3 is 14.8 Å². The highest BCUT2D eigenvalue weighted by molar-refractivity contribution is 7.80. The van der Waals surface area contributed by atoms with Gasteiger partial charge in [-0.05, 0) is 73.6 Å². The molecular weight excluding hydrogens is 456 g/mol. The Bertz CT molecular complexity index is 1110. The molecule has 186 valence electrons. The van der Waals surface area contributed by atoms with Gasteiger partial charge in [0, 0.05) is 22.2 Å². The summed E-state index contributed by atoms with van der Waals surface area (Å²) in [5.41, 5.74) is -0.526. The number of thiol groups is 1. The number of hydrogen-bond donors (Lipinski definition) is 3. The molecule has 10 heteroatoms. The van der Waals surface area contributed by atoms with Crippen LogP contribution in [0.2, 0.25) is 0 Å². The maximum absolute atomic E-state index is 13.2. The van der Waals surface area contributed by atoms with Gasteiger partial charge in [0.1, 0.15) is 17.7 Å². The van der Waals surface area contributed by atoms with Crippen molar-refractivity contribution in [2.75, 3.05) is 10.6 Å². The Morgan fingerprint density at radius 2 is 1.68 bits per heavy atom. The summed E-state index contributed by atoms with van der Waals surface area (Å²) in [4.78, 5) is 42.9. The number of anilines is 2. The molecule has 34 heavy (non-hydrogen) atoms. The van der Waals surface area contributed by atoms with E-state index < -0.39 is 28.8 Å². The average molecular weight is 491 g/mol. The quantitative estimate of drug-likeness (QED) is 0.397. The van der Waals surface area contributed by atoms with Crippen molar-refractivity contribution in [2.45, 2.75) is 84.1 Å². The molecule has 0 aliphatic heterocycles.